The highest BCUT2D eigenvalue weighted by atomic mass is 35.5. The van der Waals surface area contributed by atoms with Crippen molar-refractivity contribution in [3.63, 3.8) is 0 Å². The summed E-state index contributed by atoms with van der Waals surface area (Å²) in [6.45, 7) is 0. The summed E-state index contributed by atoms with van der Waals surface area (Å²) < 4.78 is 0. The molecule has 5 heteroatoms. The molecule has 0 saturated heterocycles. The van der Waals surface area contributed by atoms with E-state index in [1.54, 1.807) is 6.08 Å². The maximum Gasteiger partial charge on any atom is 0.270 e. The Bertz CT molecular complexity index is 1020. The van der Waals surface area contributed by atoms with Crippen molar-refractivity contribution in [2.75, 3.05) is 0 Å². The van der Waals surface area contributed by atoms with Gasteiger partial charge in [-0.25, -0.2) is 0 Å². The number of rotatable bonds is 3. The third kappa shape index (κ3) is 3.12. The number of nitrogens with zero attached hydrogens (tertiary/aromatic N) is 2. The molecule has 0 aliphatic heterocycles. The van der Waals surface area contributed by atoms with E-state index >= 15 is 0 Å². The maximum absolute atomic E-state index is 10.9. The number of nitriles is 1. The molecule has 0 unspecified atom stereocenters. The van der Waals surface area contributed by atoms with Crippen molar-refractivity contribution in [1.29, 1.82) is 5.26 Å². The van der Waals surface area contributed by atoms with Crippen LogP contribution >= 0.6 is 11.6 Å². The first-order chi connectivity index (χ1) is 11.6. The molecule has 0 spiro atoms. The lowest BCUT2D eigenvalue weighted by Crippen LogP contribution is -1.89. The highest BCUT2D eigenvalue weighted by Gasteiger charge is 2.10. The van der Waals surface area contributed by atoms with Crippen molar-refractivity contribution in [3.8, 4) is 6.07 Å². The van der Waals surface area contributed by atoms with Crippen molar-refractivity contribution in [1.82, 2.24) is 0 Å². The molecule has 0 atom stereocenters. The first kappa shape index (κ1) is 15.7. The Morgan fingerprint density at radius 3 is 2.54 bits per heavy atom. The summed E-state index contributed by atoms with van der Waals surface area (Å²) in [5.74, 6) is 0. The highest BCUT2D eigenvalue weighted by molar-refractivity contribution is 6.32. The van der Waals surface area contributed by atoms with Crippen LogP contribution < -0.4 is 0 Å². The molecular weight excluding hydrogens is 324 g/mol. The number of fused-ring (bicyclic) bond motifs is 1. The largest absolute Gasteiger partial charge is 0.270 e. The van der Waals surface area contributed by atoms with Crippen LogP contribution in [0, 0.1) is 21.4 Å². The van der Waals surface area contributed by atoms with Crippen molar-refractivity contribution < 1.29 is 4.92 Å². The molecule has 0 aromatic heterocycles. The summed E-state index contributed by atoms with van der Waals surface area (Å²) in [4.78, 5) is 10.4. The van der Waals surface area contributed by atoms with Gasteiger partial charge in [-0.2, -0.15) is 5.26 Å². The Hall–Kier alpha value is -3.16. The summed E-state index contributed by atoms with van der Waals surface area (Å²) >= 11 is 6.11. The fourth-order valence-corrected chi connectivity index (χ4v) is 2.62. The predicted octanol–water partition coefficient (Wildman–Crippen LogP) is 5.47. The third-order valence-corrected chi connectivity index (χ3v) is 4.02. The number of nitro groups is 1. The van der Waals surface area contributed by atoms with Crippen molar-refractivity contribution in [2.45, 2.75) is 0 Å². The second kappa shape index (κ2) is 6.53. The molecule has 3 rings (SSSR count). The number of halogens is 1. The van der Waals surface area contributed by atoms with Gasteiger partial charge in [0.05, 0.1) is 16.6 Å². The molecule has 0 N–H and O–H groups in total. The normalized spacial score (nSPS) is 11.2. The van der Waals surface area contributed by atoms with Gasteiger partial charge >= 0.3 is 0 Å². The molecule has 3 aromatic carbocycles. The molecule has 0 bridgehead atoms. The van der Waals surface area contributed by atoms with Gasteiger partial charge < -0.3 is 0 Å². The smallest absolute Gasteiger partial charge is 0.258 e. The summed E-state index contributed by atoms with van der Waals surface area (Å²) in [6.07, 6.45) is 1.57. The van der Waals surface area contributed by atoms with Gasteiger partial charge in [0.1, 0.15) is 0 Å². The van der Waals surface area contributed by atoms with Crippen LogP contribution in [0.5, 0.6) is 0 Å². The summed E-state index contributed by atoms with van der Waals surface area (Å²) in [5, 5.41) is 22.8. The van der Waals surface area contributed by atoms with Crippen LogP contribution in [0.4, 0.5) is 5.69 Å². The Labute approximate surface area is 143 Å². The second-order valence-electron chi connectivity index (χ2n) is 5.19. The lowest BCUT2D eigenvalue weighted by Gasteiger charge is -2.04. The summed E-state index contributed by atoms with van der Waals surface area (Å²) in [6, 6.07) is 19.8. The van der Waals surface area contributed by atoms with Crippen LogP contribution in [0.1, 0.15) is 11.1 Å². The first-order valence-electron chi connectivity index (χ1n) is 7.13. The molecule has 116 valence electrons. The Balaban J connectivity index is 2.10. The van der Waals surface area contributed by atoms with E-state index in [0.717, 1.165) is 16.3 Å². The van der Waals surface area contributed by atoms with Crippen molar-refractivity contribution >= 4 is 39.7 Å². The number of non-ortho nitro benzene ring substituents is 1. The average molecular weight is 335 g/mol. The van der Waals surface area contributed by atoms with E-state index in [2.05, 4.69) is 6.07 Å². The van der Waals surface area contributed by atoms with E-state index in [0.29, 0.717) is 16.2 Å². The van der Waals surface area contributed by atoms with Crippen molar-refractivity contribution in [3.05, 3.63) is 86.9 Å². The zero-order valence-corrected chi connectivity index (χ0v) is 13.2. The van der Waals surface area contributed by atoms with Crippen LogP contribution in [-0.4, -0.2) is 4.92 Å². The van der Waals surface area contributed by atoms with Gasteiger partial charge in [-0.3, -0.25) is 10.1 Å². The number of hydrogen-bond donors (Lipinski definition) is 0. The molecule has 0 aliphatic carbocycles. The van der Waals surface area contributed by atoms with Gasteiger partial charge in [-0.05, 0) is 34.5 Å². The van der Waals surface area contributed by atoms with Gasteiger partial charge in [-0.15, -0.1) is 0 Å². The van der Waals surface area contributed by atoms with E-state index < -0.39 is 4.92 Å². The lowest BCUT2D eigenvalue weighted by atomic mass is 10.00. The molecule has 0 aliphatic rings. The average Bonchev–Trinajstić information content (AvgIpc) is 2.60. The van der Waals surface area contributed by atoms with Gasteiger partial charge in [0, 0.05) is 22.7 Å². The van der Waals surface area contributed by atoms with E-state index in [1.165, 1.54) is 18.2 Å². The molecule has 0 radical (unpaired) electrons. The fraction of sp³-hybridized carbons (Fsp3) is 0. The number of hydrogen-bond acceptors (Lipinski definition) is 3. The zero-order chi connectivity index (χ0) is 17.1. The van der Waals surface area contributed by atoms with E-state index in [9.17, 15) is 15.4 Å². The molecule has 0 amide bonds. The Kier molecular flexibility index (Phi) is 4.28. The van der Waals surface area contributed by atoms with Crippen LogP contribution in [0.25, 0.3) is 22.4 Å². The monoisotopic (exact) mass is 334 g/mol. The minimum Gasteiger partial charge on any atom is -0.258 e. The van der Waals surface area contributed by atoms with Gasteiger partial charge in [0.2, 0.25) is 0 Å². The molecule has 3 aromatic rings. The quantitative estimate of drug-likeness (QED) is 0.276. The SMILES string of the molecule is N#C/C(=C/c1cc([N+](=O)[O-])ccc1Cl)c1ccc2ccccc2c1. The van der Waals surface area contributed by atoms with Gasteiger partial charge in [0.15, 0.2) is 0 Å². The molecule has 24 heavy (non-hydrogen) atoms. The van der Waals surface area contributed by atoms with Crippen LogP contribution in [0.15, 0.2) is 60.7 Å². The third-order valence-electron chi connectivity index (χ3n) is 3.67. The zero-order valence-electron chi connectivity index (χ0n) is 12.4. The summed E-state index contributed by atoms with van der Waals surface area (Å²) in [5.41, 5.74) is 1.50. The molecular formula is C19H11ClN2O2. The lowest BCUT2D eigenvalue weighted by molar-refractivity contribution is -0.384. The van der Waals surface area contributed by atoms with Crippen LogP contribution in [-0.2, 0) is 0 Å². The first-order valence-corrected chi connectivity index (χ1v) is 7.51. The van der Waals surface area contributed by atoms with Gasteiger partial charge in [-0.1, -0.05) is 48.0 Å². The molecule has 0 saturated carbocycles. The number of nitro benzene ring substituents is 1. The Morgan fingerprint density at radius 1 is 1.08 bits per heavy atom. The standard InChI is InChI=1S/C19H11ClN2O2/c20-19-8-7-18(22(23)24)11-16(19)10-17(12-21)15-6-5-13-3-1-2-4-14(13)9-15/h1-11H/b17-10-. The molecule has 4 nitrogen and oxygen atoms in total. The van der Waals surface area contributed by atoms with Crippen LogP contribution in [0.3, 0.4) is 0 Å². The number of allylic oxidation sites excluding steroid dienone is 1. The number of benzene rings is 3. The topological polar surface area (TPSA) is 66.9 Å². The second-order valence-corrected chi connectivity index (χ2v) is 5.60. The Morgan fingerprint density at radius 2 is 1.83 bits per heavy atom. The fourth-order valence-electron chi connectivity index (χ4n) is 2.45. The summed E-state index contributed by atoms with van der Waals surface area (Å²) in [7, 11) is 0. The van der Waals surface area contributed by atoms with E-state index in [-0.39, 0.29) is 5.69 Å². The highest BCUT2D eigenvalue weighted by Crippen LogP contribution is 2.28. The van der Waals surface area contributed by atoms with E-state index in [4.69, 9.17) is 11.6 Å². The molecule has 0 fully saturated rings. The van der Waals surface area contributed by atoms with Crippen LogP contribution in [0.2, 0.25) is 5.02 Å². The van der Waals surface area contributed by atoms with Crippen molar-refractivity contribution in [2.24, 2.45) is 0 Å². The minimum atomic E-state index is -0.490. The van der Waals surface area contributed by atoms with E-state index in [1.807, 2.05) is 42.5 Å². The maximum atomic E-state index is 10.9. The molecule has 0 heterocycles. The predicted molar refractivity (Wildman–Crippen MR) is 95.5 cm³/mol. The van der Waals surface area contributed by atoms with Gasteiger partial charge in [0.25, 0.3) is 5.69 Å². The minimum absolute atomic E-state index is 0.0681.